The van der Waals surface area contributed by atoms with Gasteiger partial charge < -0.3 is 10.1 Å². The summed E-state index contributed by atoms with van der Waals surface area (Å²) >= 11 is 0. The first-order valence-corrected chi connectivity index (χ1v) is 10.0. The fourth-order valence-electron chi connectivity index (χ4n) is 2.47. The Kier molecular flexibility index (Phi) is 5.58. The highest BCUT2D eigenvalue weighted by Gasteiger charge is 2.23. The van der Waals surface area contributed by atoms with Crippen molar-refractivity contribution in [2.45, 2.75) is 36.7 Å². The van der Waals surface area contributed by atoms with Gasteiger partial charge in [-0.25, -0.2) is 13.1 Å². The highest BCUT2D eigenvalue weighted by Crippen LogP contribution is 2.20. The smallest absolute Gasteiger partial charge is 0.258 e. The zero-order valence-electron chi connectivity index (χ0n) is 14.5. The molecule has 2 aromatic rings. The number of nitrogens with one attached hydrogen (secondary N) is 2. The van der Waals surface area contributed by atoms with E-state index in [1.165, 1.54) is 12.1 Å². The number of benzene rings is 2. The van der Waals surface area contributed by atoms with Gasteiger partial charge in [0, 0.05) is 12.1 Å². The Bertz CT molecular complexity index is 847. The summed E-state index contributed by atoms with van der Waals surface area (Å²) in [5.74, 6) is 0.286. The van der Waals surface area contributed by atoms with E-state index < -0.39 is 10.0 Å². The second-order valence-corrected chi connectivity index (χ2v) is 8.07. The quantitative estimate of drug-likeness (QED) is 0.743. The van der Waals surface area contributed by atoms with Crippen molar-refractivity contribution in [3.05, 3.63) is 60.2 Å². The van der Waals surface area contributed by atoms with Crippen molar-refractivity contribution in [2.75, 3.05) is 6.61 Å². The topological polar surface area (TPSA) is 84.5 Å². The van der Waals surface area contributed by atoms with Crippen LogP contribution in [-0.2, 0) is 14.8 Å². The monoisotopic (exact) mass is 374 g/mol. The van der Waals surface area contributed by atoms with Gasteiger partial charge in [0.1, 0.15) is 5.75 Å². The van der Waals surface area contributed by atoms with Gasteiger partial charge in [0.15, 0.2) is 6.61 Å². The Morgan fingerprint density at radius 3 is 2.38 bits per heavy atom. The highest BCUT2D eigenvalue weighted by molar-refractivity contribution is 7.89. The van der Waals surface area contributed by atoms with E-state index in [1.54, 1.807) is 19.1 Å². The molecule has 26 heavy (non-hydrogen) atoms. The number of hydrogen-bond donors (Lipinski definition) is 2. The first kappa shape index (κ1) is 18.4. The molecule has 0 heterocycles. The van der Waals surface area contributed by atoms with Crippen molar-refractivity contribution in [3.8, 4) is 5.75 Å². The number of sulfonamides is 1. The third-order valence-corrected chi connectivity index (χ3v) is 5.63. The van der Waals surface area contributed by atoms with E-state index in [0.29, 0.717) is 5.75 Å². The van der Waals surface area contributed by atoms with E-state index in [-0.39, 0.29) is 29.5 Å². The normalized spacial score (nSPS) is 15.3. The minimum atomic E-state index is -3.65. The number of rotatable bonds is 8. The molecule has 138 valence electrons. The molecule has 0 spiro atoms. The number of amides is 1. The summed E-state index contributed by atoms with van der Waals surface area (Å²) < 4.78 is 33.1. The summed E-state index contributed by atoms with van der Waals surface area (Å²) in [5, 5.41) is 2.83. The summed E-state index contributed by atoms with van der Waals surface area (Å²) in [6.45, 7) is 1.72. The van der Waals surface area contributed by atoms with Crippen LogP contribution in [0.4, 0.5) is 0 Å². The number of carbonyl (C=O) groups excluding carboxylic acids is 1. The molecule has 1 fully saturated rings. The molecule has 1 amide bonds. The minimum absolute atomic E-state index is 0.0775. The van der Waals surface area contributed by atoms with Crippen LogP contribution in [0.25, 0.3) is 0 Å². The molecule has 0 bridgehead atoms. The summed E-state index contributed by atoms with van der Waals surface area (Å²) in [4.78, 5) is 11.8. The fraction of sp³-hybridized carbons (Fsp3) is 0.316. The van der Waals surface area contributed by atoms with E-state index >= 15 is 0 Å². The SMILES string of the molecule is C[C@H](NS(=O)(=O)c1ccc(OCC(=O)NC2CC2)cc1)c1ccccc1. The molecule has 1 atom stereocenters. The predicted molar refractivity (Wildman–Crippen MR) is 98.3 cm³/mol. The van der Waals surface area contributed by atoms with Crippen molar-refractivity contribution in [3.63, 3.8) is 0 Å². The maximum absolute atomic E-state index is 12.5. The first-order valence-electron chi connectivity index (χ1n) is 8.53. The summed E-state index contributed by atoms with van der Waals surface area (Å²) in [7, 11) is -3.65. The van der Waals surface area contributed by atoms with Crippen LogP contribution in [-0.4, -0.2) is 27.0 Å². The summed E-state index contributed by atoms with van der Waals surface area (Å²) in [6, 6.07) is 15.3. The molecular formula is C19H22N2O4S. The van der Waals surface area contributed by atoms with Crippen molar-refractivity contribution in [1.29, 1.82) is 0 Å². The number of carbonyl (C=O) groups is 1. The zero-order chi connectivity index (χ0) is 18.6. The molecule has 2 aromatic carbocycles. The van der Waals surface area contributed by atoms with Gasteiger partial charge in [-0.2, -0.15) is 0 Å². The third-order valence-electron chi connectivity index (χ3n) is 4.08. The molecule has 2 N–H and O–H groups in total. The third kappa shape index (κ3) is 5.06. The van der Waals surface area contributed by atoms with E-state index in [9.17, 15) is 13.2 Å². The van der Waals surface area contributed by atoms with Crippen molar-refractivity contribution >= 4 is 15.9 Å². The Hall–Kier alpha value is -2.38. The van der Waals surface area contributed by atoms with Gasteiger partial charge in [-0.3, -0.25) is 4.79 Å². The van der Waals surface area contributed by atoms with Crippen molar-refractivity contribution in [2.24, 2.45) is 0 Å². The maximum atomic E-state index is 12.5. The minimum Gasteiger partial charge on any atom is -0.484 e. The lowest BCUT2D eigenvalue weighted by atomic mass is 10.1. The molecule has 1 aliphatic rings. The van der Waals surface area contributed by atoms with E-state index in [4.69, 9.17) is 4.74 Å². The van der Waals surface area contributed by atoms with Gasteiger partial charge in [-0.1, -0.05) is 30.3 Å². The Morgan fingerprint density at radius 1 is 1.12 bits per heavy atom. The Balaban J connectivity index is 1.58. The van der Waals surface area contributed by atoms with Crippen molar-refractivity contribution < 1.29 is 17.9 Å². The van der Waals surface area contributed by atoms with Gasteiger partial charge in [0.05, 0.1) is 4.90 Å². The molecule has 0 aliphatic heterocycles. The van der Waals surface area contributed by atoms with Crippen LogP contribution >= 0.6 is 0 Å². The lowest BCUT2D eigenvalue weighted by Gasteiger charge is -2.15. The molecule has 7 heteroatoms. The van der Waals surface area contributed by atoms with Crippen LogP contribution in [0.5, 0.6) is 5.75 Å². The molecule has 3 rings (SSSR count). The van der Waals surface area contributed by atoms with Crippen LogP contribution < -0.4 is 14.8 Å². The van der Waals surface area contributed by atoms with Crippen LogP contribution in [0.15, 0.2) is 59.5 Å². The Morgan fingerprint density at radius 2 is 1.77 bits per heavy atom. The predicted octanol–water partition coefficient (Wildman–Crippen LogP) is 2.38. The lowest BCUT2D eigenvalue weighted by Crippen LogP contribution is -2.30. The number of ether oxygens (including phenoxy) is 1. The molecular weight excluding hydrogens is 352 g/mol. The first-order chi connectivity index (χ1) is 12.4. The summed E-state index contributed by atoms with van der Waals surface area (Å²) in [6.07, 6.45) is 2.04. The molecule has 0 saturated heterocycles. The standard InChI is InChI=1S/C19H22N2O4S/c1-14(15-5-3-2-4-6-15)21-26(23,24)18-11-9-17(10-12-18)25-13-19(22)20-16-7-8-16/h2-6,9-12,14,16,21H,7-8,13H2,1H3,(H,20,22)/t14-/m0/s1. The molecule has 1 aliphatic carbocycles. The van der Waals surface area contributed by atoms with Gasteiger partial charge in [-0.15, -0.1) is 0 Å². The molecule has 1 saturated carbocycles. The summed E-state index contributed by atoms with van der Waals surface area (Å²) in [5.41, 5.74) is 0.887. The number of hydrogen-bond acceptors (Lipinski definition) is 4. The Labute approximate surface area is 153 Å². The van der Waals surface area contributed by atoms with Gasteiger partial charge in [-0.05, 0) is 49.6 Å². The average Bonchev–Trinajstić information content (AvgIpc) is 3.44. The molecule has 6 nitrogen and oxygen atoms in total. The fourth-order valence-corrected chi connectivity index (χ4v) is 3.70. The van der Waals surface area contributed by atoms with Crippen molar-refractivity contribution in [1.82, 2.24) is 10.0 Å². The van der Waals surface area contributed by atoms with Crippen LogP contribution in [0, 0.1) is 0 Å². The maximum Gasteiger partial charge on any atom is 0.258 e. The average molecular weight is 374 g/mol. The molecule has 0 radical (unpaired) electrons. The molecule has 0 aromatic heterocycles. The van der Waals surface area contributed by atoms with E-state index in [1.807, 2.05) is 30.3 Å². The molecule has 0 unspecified atom stereocenters. The van der Waals surface area contributed by atoms with Gasteiger partial charge in [0.2, 0.25) is 10.0 Å². The van der Waals surface area contributed by atoms with E-state index in [0.717, 1.165) is 18.4 Å². The largest absolute Gasteiger partial charge is 0.484 e. The second-order valence-electron chi connectivity index (χ2n) is 6.36. The van der Waals surface area contributed by atoms with E-state index in [2.05, 4.69) is 10.0 Å². The zero-order valence-corrected chi connectivity index (χ0v) is 15.3. The van der Waals surface area contributed by atoms with Crippen LogP contribution in [0.2, 0.25) is 0 Å². The lowest BCUT2D eigenvalue weighted by molar-refractivity contribution is -0.123. The van der Waals surface area contributed by atoms with Gasteiger partial charge >= 0.3 is 0 Å². The van der Waals surface area contributed by atoms with Crippen LogP contribution in [0.3, 0.4) is 0 Å². The van der Waals surface area contributed by atoms with Crippen LogP contribution in [0.1, 0.15) is 31.4 Å². The second kappa shape index (κ2) is 7.88. The highest BCUT2D eigenvalue weighted by atomic mass is 32.2. The van der Waals surface area contributed by atoms with Gasteiger partial charge in [0.25, 0.3) is 5.91 Å².